The Morgan fingerprint density at radius 2 is 1.96 bits per heavy atom. The molecule has 0 spiro atoms. The number of rotatable bonds is 8. The standard InChI is InChI=1S/C21H28O5/c1-5-24-20(22)21(23,12-11-16(4)8-6-7-15(2)3)17-9-10-18-19(13-17)26-14-25-18/h7,9-11,13,23H,5-6,8,12,14H2,1-4H3/b16-11+. The van der Waals surface area contributed by atoms with Crippen molar-refractivity contribution in [1.82, 2.24) is 0 Å². The molecule has 1 aromatic rings. The molecule has 5 nitrogen and oxygen atoms in total. The zero-order valence-electron chi connectivity index (χ0n) is 16.0. The number of hydrogen-bond donors (Lipinski definition) is 1. The summed E-state index contributed by atoms with van der Waals surface area (Å²) in [7, 11) is 0. The lowest BCUT2D eigenvalue weighted by Gasteiger charge is -2.25. The molecule has 0 radical (unpaired) electrons. The quantitative estimate of drug-likeness (QED) is 0.555. The van der Waals surface area contributed by atoms with E-state index in [1.165, 1.54) is 5.57 Å². The lowest BCUT2D eigenvalue weighted by Crippen LogP contribution is -2.37. The molecule has 1 N–H and O–H groups in total. The monoisotopic (exact) mass is 360 g/mol. The highest BCUT2D eigenvalue weighted by Crippen LogP contribution is 2.37. The SMILES string of the molecule is CCOC(=O)C(O)(C/C=C(\C)CCC=C(C)C)c1ccc2c(c1)OCO2. The summed E-state index contributed by atoms with van der Waals surface area (Å²) in [6, 6.07) is 5.02. The molecule has 0 amide bonds. The van der Waals surface area contributed by atoms with Gasteiger partial charge in [-0.1, -0.05) is 29.4 Å². The predicted molar refractivity (Wildman–Crippen MR) is 100 cm³/mol. The van der Waals surface area contributed by atoms with Gasteiger partial charge in [0.25, 0.3) is 0 Å². The summed E-state index contributed by atoms with van der Waals surface area (Å²) in [6.45, 7) is 8.20. The van der Waals surface area contributed by atoms with Gasteiger partial charge in [0, 0.05) is 6.42 Å². The summed E-state index contributed by atoms with van der Waals surface area (Å²) in [6.07, 6.45) is 6.04. The molecule has 0 bridgehead atoms. The molecule has 1 aliphatic rings. The molecule has 1 aromatic carbocycles. The minimum Gasteiger partial charge on any atom is -0.464 e. The second kappa shape index (κ2) is 8.90. The molecule has 0 saturated heterocycles. The number of carbonyl (C=O) groups excluding carboxylic acids is 1. The van der Waals surface area contributed by atoms with Crippen LogP contribution in [-0.4, -0.2) is 24.5 Å². The van der Waals surface area contributed by atoms with Crippen LogP contribution in [0.2, 0.25) is 0 Å². The lowest BCUT2D eigenvalue weighted by atomic mass is 9.89. The van der Waals surface area contributed by atoms with E-state index in [1.807, 2.05) is 13.0 Å². The molecule has 0 saturated carbocycles. The highest BCUT2D eigenvalue weighted by molar-refractivity contribution is 5.81. The average molecular weight is 360 g/mol. The normalized spacial score (nSPS) is 15.3. The Bertz CT molecular complexity index is 700. The van der Waals surface area contributed by atoms with E-state index in [1.54, 1.807) is 25.1 Å². The molecule has 1 heterocycles. The second-order valence-electron chi connectivity index (χ2n) is 6.72. The fourth-order valence-corrected chi connectivity index (χ4v) is 2.74. The first-order valence-corrected chi connectivity index (χ1v) is 8.95. The third kappa shape index (κ3) is 4.88. The van der Waals surface area contributed by atoms with Crippen LogP contribution in [-0.2, 0) is 15.1 Å². The third-order valence-electron chi connectivity index (χ3n) is 4.30. The van der Waals surface area contributed by atoms with Gasteiger partial charge in [-0.15, -0.1) is 0 Å². The highest BCUT2D eigenvalue weighted by Gasteiger charge is 2.39. The summed E-state index contributed by atoms with van der Waals surface area (Å²) in [5.74, 6) is 0.468. The van der Waals surface area contributed by atoms with Crippen molar-refractivity contribution in [1.29, 1.82) is 0 Å². The Morgan fingerprint density at radius 3 is 2.65 bits per heavy atom. The van der Waals surface area contributed by atoms with Crippen LogP contribution < -0.4 is 9.47 Å². The van der Waals surface area contributed by atoms with Crippen LogP contribution in [0.4, 0.5) is 0 Å². The van der Waals surface area contributed by atoms with E-state index in [-0.39, 0.29) is 19.8 Å². The predicted octanol–water partition coefficient (Wildman–Crippen LogP) is 4.25. The molecule has 1 atom stereocenters. The highest BCUT2D eigenvalue weighted by atomic mass is 16.7. The Kier molecular flexibility index (Phi) is 6.86. The number of carbonyl (C=O) groups is 1. The van der Waals surface area contributed by atoms with Crippen molar-refractivity contribution in [3.63, 3.8) is 0 Å². The van der Waals surface area contributed by atoms with Crippen LogP contribution in [0.3, 0.4) is 0 Å². The molecular weight excluding hydrogens is 332 g/mol. The number of benzene rings is 1. The van der Waals surface area contributed by atoms with Gasteiger partial charge in [0.05, 0.1) is 6.61 Å². The molecule has 26 heavy (non-hydrogen) atoms. The van der Waals surface area contributed by atoms with E-state index in [4.69, 9.17) is 14.2 Å². The molecular formula is C21H28O5. The summed E-state index contributed by atoms with van der Waals surface area (Å²) in [4.78, 5) is 12.5. The van der Waals surface area contributed by atoms with Crippen molar-refractivity contribution in [2.45, 2.75) is 52.6 Å². The van der Waals surface area contributed by atoms with Crippen LogP contribution in [0.1, 0.15) is 52.5 Å². The van der Waals surface area contributed by atoms with E-state index in [0.29, 0.717) is 17.1 Å². The van der Waals surface area contributed by atoms with Gasteiger partial charge in [-0.2, -0.15) is 0 Å². The van der Waals surface area contributed by atoms with Gasteiger partial charge in [-0.3, -0.25) is 0 Å². The Hall–Kier alpha value is -2.27. The van der Waals surface area contributed by atoms with Gasteiger partial charge in [-0.05, 0) is 58.2 Å². The summed E-state index contributed by atoms with van der Waals surface area (Å²) < 4.78 is 15.8. The fourth-order valence-electron chi connectivity index (χ4n) is 2.74. The first kappa shape index (κ1) is 20.0. The molecule has 5 heteroatoms. The largest absolute Gasteiger partial charge is 0.464 e. The number of esters is 1. The Labute approximate surface area is 155 Å². The Morgan fingerprint density at radius 1 is 1.23 bits per heavy atom. The number of ether oxygens (including phenoxy) is 3. The zero-order chi connectivity index (χ0) is 19.2. The molecule has 0 aliphatic carbocycles. The maximum absolute atomic E-state index is 12.5. The van der Waals surface area contributed by atoms with Crippen LogP contribution in [0.5, 0.6) is 11.5 Å². The van der Waals surface area contributed by atoms with Crippen molar-refractivity contribution in [2.75, 3.05) is 13.4 Å². The van der Waals surface area contributed by atoms with Gasteiger partial charge >= 0.3 is 5.97 Å². The van der Waals surface area contributed by atoms with E-state index < -0.39 is 11.6 Å². The van der Waals surface area contributed by atoms with E-state index in [2.05, 4.69) is 19.9 Å². The number of fused-ring (bicyclic) bond motifs is 1. The maximum Gasteiger partial charge on any atom is 0.343 e. The van der Waals surface area contributed by atoms with Gasteiger partial charge in [0.2, 0.25) is 6.79 Å². The summed E-state index contributed by atoms with van der Waals surface area (Å²) in [5.41, 5.74) is 1.08. The van der Waals surface area contributed by atoms with E-state index in [9.17, 15) is 9.90 Å². The smallest absolute Gasteiger partial charge is 0.343 e. The van der Waals surface area contributed by atoms with Crippen LogP contribution >= 0.6 is 0 Å². The number of aliphatic hydroxyl groups is 1. The van der Waals surface area contributed by atoms with Crippen molar-refractivity contribution in [3.8, 4) is 11.5 Å². The average Bonchev–Trinajstić information content (AvgIpc) is 3.07. The topological polar surface area (TPSA) is 65.0 Å². The van der Waals surface area contributed by atoms with E-state index in [0.717, 1.165) is 18.4 Å². The molecule has 0 aromatic heterocycles. The summed E-state index contributed by atoms with van der Waals surface area (Å²) in [5, 5.41) is 11.1. The second-order valence-corrected chi connectivity index (χ2v) is 6.72. The van der Waals surface area contributed by atoms with Gasteiger partial charge in [0.1, 0.15) is 0 Å². The third-order valence-corrected chi connectivity index (χ3v) is 4.30. The lowest BCUT2D eigenvalue weighted by molar-refractivity contribution is -0.166. The van der Waals surface area contributed by atoms with E-state index >= 15 is 0 Å². The minimum atomic E-state index is -1.76. The van der Waals surface area contributed by atoms with Crippen LogP contribution in [0.15, 0.2) is 41.5 Å². The fraction of sp³-hybridized carbons (Fsp3) is 0.476. The van der Waals surface area contributed by atoms with Gasteiger partial charge in [0.15, 0.2) is 17.1 Å². The van der Waals surface area contributed by atoms with Crippen molar-refractivity contribution >= 4 is 5.97 Å². The van der Waals surface area contributed by atoms with Gasteiger partial charge < -0.3 is 19.3 Å². The van der Waals surface area contributed by atoms with Crippen LogP contribution in [0, 0.1) is 0 Å². The Balaban J connectivity index is 2.22. The minimum absolute atomic E-state index is 0.139. The van der Waals surface area contributed by atoms with Crippen molar-refractivity contribution < 1.29 is 24.1 Å². The van der Waals surface area contributed by atoms with Crippen molar-refractivity contribution in [3.05, 3.63) is 47.1 Å². The molecule has 2 rings (SSSR count). The molecule has 142 valence electrons. The van der Waals surface area contributed by atoms with Crippen molar-refractivity contribution in [2.24, 2.45) is 0 Å². The van der Waals surface area contributed by atoms with Crippen LogP contribution in [0.25, 0.3) is 0 Å². The number of hydrogen-bond acceptors (Lipinski definition) is 5. The van der Waals surface area contributed by atoms with Gasteiger partial charge in [-0.25, -0.2) is 4.79 Å². The molecule has 1 aliphatic heterocycles. The first-order chi connectivity index (χ1) is 12.4. The zero-order valence-corrected chi connectivity index (χ0v) is 16.0. The number of allylic oxidation sites excluding steroid dienone is 3. The summed E-state index contributed by atoms with van der Waals surface area (Å²) >= 11 is 0. The molecule has 1 unspecified atom stereocenters. The molecule has 0 fully saturated rings. The maximum atomic E-state index is 12.5. The first-order valence-electron chi connectivity index (χ1n) is 8.95.